The molecule has 0 aliphatic carbocycles. The van der Waals surface area contributed by atoms with E-state index >= 15 is 0 Å². The van der Waals surface area contributed by atoms with Crippen LogP contribution in [0.25, 0.3) is 0 Å². The van der Waals surface area contributed by atoms with Gasteiger partial charge in [-0.1, -0.05) is 0 Å². The molecule has 0 aromatic heterocycles. The molecule has 1 saturated heterocycles. The van der Waals surface area contributed by atoms with Crippen molar-refractivity contribution in [1.82, 2.24) is 9.62 Å². The normalized spacial score (nSPS) is 19.8. The second-order valence-corrected chi connectivity index (χ2v) is 7.81. The molecule has 0 radical (unpaired) electrons. The van der Waals surface area contributed by atoms with Gasteiger partial charge in [0.05, 0.1) is 10.5 Å². The third-order valence-electron chi connectivity index (χ3n) is 3.52. The summed E-state index contributed by atoms with van der Waals surface area (Å²) < 4.78 is 27.4. The number of carboxylic acids is 1. The average molecular weight is 377 g/mol. The molecule has 0 amide bonds. The van der Waals surface area contributed by atoms with Crippen LogP contribution in [0.15, 0.2) is 27.6 Å². The summed E-state index contributed by atoms with van der Waals surface area (Å²) in [6.07, 6.45) is 0.970. The topological polar surface area (TPSA) is 86.7 Å². The largest absolute Gasteiger partial charge is 0.478 e. The third-order valence-corrected chi connectivity index (χ3v) is 5.92. The fourth-order valence-electron chi connectivity index (χ4n) is 2.35. The van der Waals surface area contributed by atoms with Gasteiger partial charge < -0.3 is 10.0 Å². The minimum atomic E-state index is -3.65. The van der Waals surface area contributed by atoms with E-state index in [2.05, 4.69) is 25.6 Å². The molecule has 116 valence electrons. The van der Waals surface area contributed by atoms with Gasteiger partial charge in [-0.3, -0.25) is 0 Å². The zero-order chi connectivity index (χ0) is 15.6. The van der Waals surface area contributed by atoms with Crippen molar-refractivity contribution in [3.8, 4) is 0 Å². The van der Waals surface area contributed by atoms with Crippen molar-refractivity contribution in [3.63, 3.8) is 0 Å². The van der Waals surface area contributed by atoms with Gasteiger partial charge in [-0.05, 0) is 60.1 Å². The van der Waals surface area contributed by atoms with Gasteiger partial charge in [-0.2, -0.15) is 0 Å². The van der Waals surface area contributed by atoms with E-state index in [-0.39, 0.29) is 14.9 Å². The zero-order valence-electron chi connectivity index (χ0n) is 11.5. The Morgan fingerprint density at radius 2 is 2.24 bits per heavy atom. The van der Waals surface area contributed by atoms with Gasteiger partial charge in [0.2, 0.25) is 10.0 Å². The van der Waals surface area contributed by atoms with E-state index in [1.165, 1.54) is 18.2 Å². The number of carboxylic acid groups (broad SMARTS) is 1. The summed E-state index contributed by atoms with van der Waals surface area (Å²) in [4.78, 5) is 13.1. The van der Waals surface area contributed by atoms with E-state index in [9.17, 15) is 13.2 Å². The Morgan fingerprint density at radius 3 is 2.76 bits per heavy atom. The number of hydrogen-bond acceptors (Lipinski definition) is 4. The van der Waals surface area contributed by atoms with Gasteiger partial charge in [0, 0.05) is 17.6 Å². The van der Waals surface area contributed by atoms with Crippen LogP contribution in [0, 0.1) is 5.92 Å². The Bertz CT molecular complexity index is 648. The molecule has 0 saturated carbocycles. The number of hydrogen-bond donors (Lipinski definition) is 2. The number of carbonyl (C=O) groups is 1. The number of rotatable bonds is 5. The van der Waals surface area contributed by atoms with Crippen LogP contribution in [0.5, 0.6) is 0 Å². The van der Waals surface area contributed by atoms with Gasteiger partial charge >= 0.3 is 5.97 Å². The van der Waals surface area contributed by atoms with Crippen LogP contribution < -0.4 is 4.72 Å². The van der Waals surface area contributed by atoms with E-state index in [4.69, 9.17) is 5.11 Å². The fraction of sp³-hybridized carbons (Fsp3) is 0.462. The summed E-state index contributed by atoms with van der Waals surface area (Å²) in [6.45, 7) is 2.24. The molecule has 1 fully saturated rings. The van der Waals surface area contributed by atoms with Crippen LogP contribution in [-0.4, -0.2) is 51.1 Å². The van der Waals surface area contributed by atoms with E-state index in [0.717, 1.165) is 19.5 Å². The van der Waals surface area contributed by atoms with Crippen molar-refractivity contribution in [2.75, 3.05) is 26.7 Å². The standard InChI is InChI=1S/C13H17BrN2O4S/c1-16-5-4-9(8-16)7-15-21(19,20)12-3-2-10(13(17)18)6-11(12)14/h2-3,6,9,15H,4-5,7-8H2,1H3,(H,17,18). The van der Waals surface area contributed by atoms with Crippen molar-refractivity contribution < 1.29 is 18.3 Å². The molecule has 0 bridgehead atoms. The summed E-state index contributed by atoms with van der Waals surface area (Å²) in [7, 11) is -1.64. The Kier molecular flexibility index (Phi) is 5.03. The maximum absolute atomic E-state index is 12.3. The molecular weight excluding hydrogens is 360 g/mol. The maximum atomic E-state index is 12.3. The summed E-state index contributed by atoms with van der Waals surface area (Å²) in [5.74, 6) is -0.788. The first-order valence-corrected chi connectivity index (χ1v) is 8.78. The summed E-state index contributed by atoms with van der Waals surface area (Å²) in [6, 6.07) is 3.88. The first-order chi connectivity index (χ1) is 9.79. The SMILES string of the molecule is CN1CCC(CNS(=O)(=O)c2ccc(C(=O)O)cc2Br)C1. The molecule has 0 spiro atoms. The molecule has 1 aliphatic heterocycles. The highest BCUT2D eigenvalue weighted by Gasteiger charge is 2.24. The summed E-state index contributed by atoms with van der Waals surface area (Å²) in [5.41, 5.74) is 0.0400. The number of nitrogens with zero attached hydrogens (tertiary/aromatic N) is 1. The minimum Gasteiger partial charge on any atom is -0.478 e. The highest BCUT2D eigenvalue weighted by molar-refractivity contribution is 9.10. The van der Waals surface area contributed by atoms with Gasteiger partial charge in [0.1, 0.15) is 0 Å². The Morgan fingerprint density at radius 1 is 1.52 bits per heavy atom. The first-order valence-electron chi connectivity index (χ1n) is 6.50. The predicted molar refractivity (Wildman–Crippen MR) is 81.9 cm³/mol. The molecule has 1 aromatic carbocycles. The van der Waals surface area contributed by atoms with Crippen LogP contribution in [0.1, 0.15) is 16.8 Å². The number of aromatic carboxylic acids is 1. The molecule has 6 nitrogen and oxygen atoms in total. The molecule has 1 atom stereocenters. The molecule has 2 N–H and O–H groups in total. The monoisotopic (exact) mass is 376 g/mol. The lowest BCUT2D eigenvalue weighted by atomic mass is 10.1. The molecule has 1 aromatic rings. The van der Waals surface area contributed by atoms with Crippen LogP contribution in [-0.2, 0) is 10.0 Å². The van der Waals surface area contributed by atoms with E-state index in [0.29, 0.717) is 12.5 Å². The van der Waals surface area contributed by atoms with Crippen molar-refractivity contribution in [2.45, 2.75) is 11.3 Å². The number of sulfonamides is 1. The van der Waals surface area contributed by atoms with Gasteiger partial charge in [0.25, 0.3) is 0 Å². The molecule has 21 heavy (non-hydrogen) atoms. The fourth-order valence-corrected chi connectivity index (χ4v) is 4.54. The van der Waals surface area contributed by atoms with Gasteiger partial charge in [-0.15, -0.1) is 0 Å². The molecule has 1 aliphatic rings. The molecule has 2 rings (SSSR count). The van der Waals surface area contributed by atoms with E-state index in [1.54, 1.807) is 0 Å². The van der Waals surface area contributed by atoms with Crippen molar-refractivity contribution in [1.29, 1.82) is 0 Å². The first kappa shape index (κ1) is 16.4. The highest BCUT2D eigenvalue weighted by atomic mass is 79.9. The Hall–Kier alpha value is -0.960. The van der Waals surface area contributed by atoms with Crippen molar-refractivity contribution >= 4 is 31.9 Å². The molecule has 1 unspecified atom stereocenters. The summed E-state index contributed by atoms with van der Waals surface area (Å²) in [5, 5.41) is 8.88. The average Bonchev–Trinajstić information content (AvgIpc) is 2.82. The zero-order valence-corrected chi connectivity index (χ0v) is 13.9. The lowest BCUT2D eigenvalue weighted by molar-refractivity contribution is 0.0696. The minimum absolute atomic E-state index is 0.0400. The number of halogens is 1. The number of likely N-dealkylation sites (tertiary alicyclic amines) is 1. The Balaban J connectivity index is 2.10. The quantitative estimate of drug-likeness (QED) is 0.810. The van der Waals surface area contributed by atoms with Gasteiger partial charge in [0.15, 0.2) is 0 Å². The number of nitrogens with one attached hydrogen (secondary N) is 1. The van der Waals surface area contributed by atoms with Crippen molar-refractivity contribution in [2.24, 2.45) is 5.92 Å². The predicted octanol–water partition coefficient (Wildman–Crippen LogP) is 1.38. The molecular formula is C13H17BrN2O4S. The maximum Gasteiger partial charge on any atom is 0.335 e. The van der Waals surface area contributed by atoms with Crippen LogP contribution in [0.4, 0.5) is 0 Å². The Labute approximate surface area is 132 Å². The van der Waals surface area contributed by atoms with E-state index in [1.807, 2.05) is 7.05 Å². The smallest absolute Gasteiger partial charge is 0.335 e. The summed E-state index contributed by atoms with van der Waals surface area (Å²) >= 11 is 3.12. The number of benzene rings is 1. The lowest BCUT2D eigenvalue weighted by Gasteiger charge is -2.13. The second-order valence-electron chi connectivity index (χ2n) is 5.22. The van der Waals surface area contributed by atoms with Crippen molar-refractivity contribution in [3.05, 3.63) is 28.2 Å². The third kappa shape index (κ3) is 4.03. The van der Waals surface area contributed by atoms with E-state index < -0.39 is 16.0 Å². The van der Waals surface area contributed by atoms with Crippen LogP contribution in [0.2, 0.25) is 0 Å². The van der Waals surface area contributed by atoms with Gasteiger partial charge in [-0.25, -0.2) is 17.9 Å². The molecule has 1 heterocycles. The lowest BCUT2D eigenvalue weighted by Crippen LogP contribution is -2.30. The second kappa shape index (κ2) is 6.43. The highest BCUT2D eigenvalue weighted by Crippen LogP contribution is 2.24. The van der Waals surface area contributed by atoms with Crippen LogP contribution in [0.3, 0.4) is 0 Å². The molecule has 8 heteroatoms. The van der Waals surface area contributed by atoms with Crippen LogP contribution >= 0.6 is 15.9 Å².